The van der Waals surface area contributed by atoms with Crippen molar-refractivity contribution in [2.24, 2.45) is 0 Å². The van der Waals surface area contributed by atoms with Gasteiger partial charge in [0.15, 0.2) is 9.84 Å². The van der Waals surface area contributed by atoms with Crippen molar-refractivity contribution in [1.82, 2.24) is 9.80 Å². The Morgan fingerprint density at radius 3 is 2.30 bits per heavy atom. The average molecular weight is 348 g/mol. The van der Waals surface area contributed by atoms with Gasteiger partial charge in [-0.15, -0.1) is 0 Å². The van der Waals surface area contributed by atoms with E-state index in [-0.39, 0.29) is 18.1 Å². The Labute approximate surface area is 136 Å². The number of rotatable bonds is 2. The number of ether oxygens (including phenoxy) is 2. The van der Waals surface area contributed by atoms with Gasteiger partial charge in [-0.2, -0.15) is 0 Å². The van der Waals surface area contributed by atoms with Crippen molar-refractivity contribution in [3.8, 4) is 0 Å². The minimum Gasteiger partial charge on any atom is -0.468 e. The zero-order valence-corrected chi connectivity index (χ0v) is 14.8. The van der Waals surface area contributed by atoms with E-state index in [1.54, 1.807) is 25.7 Å². The highest BCUT2D eigenvalue weighted by atomic mass is 32.2. The molecule has 0 aromatic rings. The summed E-state index contributed by atoms with van der Waals surface area (Å²) in [5, 5.41) is 0. The number of carbonyl (C=O) groups is 2. The lowest BCUT2D eigenvalue weighted by Crippen LogP contribution is -2.61. The van der Waals surface area contributed by atoms with E-state index in [0.29, 0.717) is 13.1 Å². The Kier molecular flexibility index (Phi) is 4.91. The Morgan fingerprint density at radius 1 is 1.13 bits per heavy atom. The van der Waals surface area contributed by atoms with Gasteiger partial charge in [0.25, 0.3) is 0 Å². The molecule has 0 spiro atoms. The molecule has 8 nitrogen and oxygen atoms in total. The fourth-order valence-corrected chi connectivity index (χ4v) is 5.01. The molecule has 9 heteroatoms. The zero-order chi connectivity index (χ0) is 17.4. The van der Waals surface area contributed by atoms with Crippen LogP contribution in [-0.4, -0.2) is 86.2 Å². The van der Waals surface area contributed by atoms with Crippen LogP contribution < -0.4 is 0 Å². The number of nitrogens with zero attached hydrogens (tertiary/aromatic N) is 2. The lowest BCUT2D eigenvalue weighted by Gasteiger charge is -2.43. The topological polar surface area (TPSA) is 93.2 Å². The van der Waals surface area contributed by atoms with Crippen molar-refractivity contribution in [2.45, 2.75) is 38.5 Å². The molecule has 0 N–H and O–H groups in total. The minimum atomic E-state index is -3.26. The molecular weight excluding hydrogens is 324 g/mol. The van der Waals surface area contributed by atoms with Gasteiger partial charge in [0.2, 0.25) is 0 Å². The summed E-state index contributed by atoms with van der Waals surface area (Å²) >= 11 is 0. The summed E-state index contributed by atoms with van der Waals surface area (Å²) in [7, 11) is -1.96. The first-order chi connectivity index (χ1) is 10.5. The molecule has 2 aliphatic rings. The molecule has 0 aromatic heterocycles. The SMILES string of the molecule is COC(=O)CN1CCN(C(=O)OC(C)(C)C)[C@H]2CS(=O)(=O)C[C@@H]21. The van der Waals surface area contributed by atoms with E-state index in [4.69, 9.17) is 4.74 Å². The molecule has 0 saturated carbocycles. The summed E-state index contributed by atoms with van der Waals surface area (Å²) in [6.07, 6.45) is -0.512. The molecule has 2 saturated heterocycles. The third kappa shape index (κ3) is 4.35. The van der Waals surface area contributed by atoms with Crippen LogP contribution in [0.25, 0.3) is 0 Å². The summed E-state index contributed by atoms with van der Waals surface area (Å²) in [6, 6.07) is -0.895. The summed E-state index contributed by atoms with van der Waals surface area (Å²) in [6.45, 7) is 6.05. The van der Waals surface area contributed by atoms with Crippen molar-refractivity contribution in [2.75, 3.05) is 38.2 Å². The molecule has 2 atom stereocenters. The maximum atomic E-state index is 12.4. The number of sulfone groups is 1. The van der Waals surface area contributed by atoms with Crippen LogP contribution in [0.15, 0.2) is 0 Å². The largest absolute Gasteiger partial charge is 0.468 e. The van der Waals surface area contributed by atoms with Gasteiger partial charge in [-0.3, -0.25) is 9.69 Å². The molecule has 0 radical (unpaired) electrons. The number of carbonyl (C=O) groups excluding carboxylic acids is 2. The van der Waals surface area contributed by atoms with Gasteiger partial charge in [0.1, 0.15) is 5.60 Å². The van der Waals surface area contributed by atoms with E-state index in [1.165, 1.54) is 12.0 Å². The molecular formula is C14H24N2O6S. The number of fused-ring (bicyclic) bond motifs is 1. The lowest BCUT2D eigenvalue weighted by atomic mass is 10.1. The number of hydrogen-bond donors (Lipinski definition) is 0. The van der Waals surface area contributed by atoms with Gasteiger partial charge < -0.3 is 14.4 Å². The van der Waals surface area contributed by atoms with Crippen LogP contribution in [0, 0.1) is 0 Å². The fraction of sp³-hybridized carbons (Fsp3) is 0.857. The molecule has 2 heterocycles. The average Bonchev–Trinajstić information content (AvgIpc) is 2.72. The smallest absolute Gasteiger partial charge is 0.410 e. The quantitative estimate of drug-likeness (QED) is 0.642. The van der Waals surface area contributed by atoms with E-state index in [1.807, 2.05) is 0 Å². The van der Waals surface area contributed by atoms with Crippen molar-refractivity contribution in [3.05, 3.63) is 0 Å². The second-order valence-corrected chi connectivity index (χ2v) is 9.09. The molecule has 132 valence electrons. The van der Waals surface area contributed by atoms with Gasteiger partial charge in [-0.1, -0.05) is 0 Å². The summed E-state index contributed by atoms with van der Waals surface area (Å²) in [4.78, 5) is 27.1. The first-order valence-corrected chi connectivity index (χ1v) is 9.35. The van der Waals surface area contributed by atoms with Crippen molar-refractivity contribution in [3.63, 3.8) is 0 Å². The normalized spacial score (nSPS) is 27.4. The highest BCUT2D eigenvalue weighted by Crippen LogP contribution is 2.28. The first kappa shape index (κ1) is 18.0. The van der Waals surface area contributed by atoms with Crippen LogP contribution in [0.5, 0.6) is 0 Å². The Balaban J connectivity index is 2.18. The summed E-state index contributed by atoms with van der Waals surface area (Å²) in [5.41, 5.74) is -0.646. The third-order valence-electron chi connectivity index (χ3n) is 3.98. The predicted octanol–water partition coefficient (Wildman–Crippen LogP) is -0.122. The van der Waals surface area contributed by atoms with Crippen LogP contribution in [0.2, 0.25) is 0 Å². The highest BCUT2D eigenvalue weighted by molar-refractivity contribution is 7.91. The first-order valence-electron chi connectivity index (χ1n) is 7.53. The molecule has 0 aliphatic carbocycles. The van der Waals surface area contributed by atoms with Gasteiger partial charge in [-0.05, 0) is 20.8 Å². The summed E-state index contributed by atoms with van der Waals surface area (Å²) in [5.74, 6) is -0.582. The maximum absolute atomic E-state index is 12.4. The van der Waals surface area contributed by atoms with Gasteiger partial charge in [-0.25, -0.2) is 13.2 Å². The molecule has 2 fully saturated rings. The third-order valence-corrected chi connectivity index (χ3v) is 5.68. The highest BCUT2D eigenvalue weighted by Gasteiger charge is 2.49. The molecule has 23 heavy (non-hydrogen) atoms. The van der Waals surface area contributed by atoms with Crippen LogP contribution in [0.3, 0.4) is 0 Å². The Hall–Kier alpha value is -1.35. The number of amides is 1. The zero-order valence-electron chi connectivity index (χ0n) is 13.9. The number of piperazine rings is 1. The Bertz CT molecular complexity index is 583. The van der Waals surface area contributed by atoms with E-state index in [0.717, 1.165) is 0 Å². The number of esters is 1. The lowest BCUT2D eigenvalue weighted by molar-refractivity contribution is -0.143. The van der Waals surface area contributed by atoms with Crippen LogP contribution in [-0.2, 0) is 24.1 Å². The minimum absolute atomic E-state index is 0.0232. The van der Waals surface area contributed by atoms with Crippen LogP contribution in [0.1, 0.15) is 20.8 Å². The molecule has 0 aromatic carbocycles. The van der Waals surface area contributed by atoms with Gasteiger partial charge in [0, 0.05) is 19.1 Å². The van der Waals surface area contributed by atoms with Crippen molar-refractivity contribution < 1.29 is 27.5 Å². The van der Waals surface area contributed by atoms with E-state index in [9.17, 15) is 18.0 Å². The van der Waals surface area contributed by atoms with Crippen molar-refractivity contribution in [1.29, 1.82) is 0 Å². The standard InChI is InChI=1S/C14H24N2O6S/c1-14(2,3)22-13(18)16-6-5-15(7-12(17)21-4)10-8-23(19,20)9-11(10)16/h10-11H,5-9H2,1-4H3/t10-,11-/m0/s1. The fourth-order valence-electron chi connectivity index (χ4n) is 3.00. The molecule has 2 rings (SSSR count). The second kappa shape index (κ2) is 6.27. The van der Waals surface area contributed by atoms with Crippen LogP contribution in [0.4, 0.5) is 4.79 Å². The van der Waals surface area contributed by atoms with E-state index >= 15 is 0 Å². The van der Waals surface area contributed by atoms with Gasteiger partial charge >= 0.3 is 12.1 Å². The van der Waals surface area contributed by atoms with E-state index in [2.05, 4.69) is 4.74 Å². The summed E-state index contributed by atoms with van der Waals surface area (Å²) < 4.78 is 34.1. The number of methoxy groups -OCH3 is 1. The maximum Gasteiger partial charge on any atom is 0.410 e. The predicted molar refractivity (Wildman–Crippen MR) is 82.8 cm³/mol. The molecule has 2 aliphatic heterocycles. The molecule has 0 unspecified atom stereocenters. The molecule has 0 bridgehead atoms. The number of hydrogen-bond acceptors (Lipinski definition) is 7. The Morgan fingerprint density at radius 2 is 1.74 bits per heavy atom. The van der Waals surface area contributed by atoms with Gasteiger partial charge in [0.05, 0.1) is 31.2 Å². The second-order valence-electron chi connectivity index (χ2n) is 6.93. The monoisotopic (exact) mass is 348 g/mol. The van der Waals surface area contributed by atoms with Crippen LogP contribution >= 0.6 is 0 Å². The van der Waals surface area contributed by atoms with E-state index < -0.39 is 39.6 Å². The molecule has 1 amide bonds. The van der Waals surface area contributed by atoms with Crippen molar-refractivity contribution >= 4 is 21.9 Å².